The lowest BCUT2D eigenvalue weighted by molar-refractivity contribution is -0.384. The summed E-state index contributed by atoms with van der Waals surface area (Å²) in [6, 6.07) is 6.12. The number of nitrogens with zero attached hydrogens (tertiary/aromatic N) is 1. The first kappa shape index (κ1) is 14.7. The summed E-state index contributed by atoms with van der Waals surface area (Å²) in [5.41, 5.74) is 0.0965. The van der Waals surface area contributed by atoms with E-state index in [1.165, 1.54) is 12.1 Å². The molecule has 1 aromatic carbocycles. The number of non-ortho nitro benzene ring substituents is 1. The molecule has 1 saturated heterocycles. The Labute approximate surface area is 118 Å². The molecule has 2 rings (SSSR count). The summed E-state index contributed by atoms with van der Waals surface area (Å²) >= 11 is 0. The molecular weight excluding hydrogens is 260 g/mol. The van der Waals surface area contributed by atoms with Crippen LogP contribution >= 0.6 is 0 Å². The highest BCUT2D eigenvalue weighted by Gasteiger charge is 2.26. The second-order valence-electron chi connectivity index (χ2n) is 5.24. The van der Waals surface area contributed by atoms with Gasteiger partial charge in [0.2, 0.25) is 0 Å². The molecule has 0 aromatic heterocycles. The Hall–Kier alpha value is -1.66. The second-order valence-corrected chi connectivity index (χ2v) is 5.24. The van der Waals surface area contributed by atoms with Gasteiger partial charge >= 0.3 is 0 Å². The van der Waals surface area contributed by atoms with Crippen LogP contribution in [0.25, 0.3) is 0 Å². The maximum atomic E-state index is 10.5. The predicted octanol–water partition coefficient (Wildman–Crippen LogP) is 2.13. The topological polar surface area (TPSA) is 73.6 Å². The number of benzene rings is 1. The zero-order valence-electron chi connectivity index (χ0n) is 11.6. The smallest absolute Gasteiger partial charge is 0.269 e. The minimum atomic E-state index is -0.421. The van der Waals surface area contributed by atoms with Crippen molar-refractivity contribution in [1.82, 2.24) is 5.32 Å². The number of hydrogen-bond acceptors (Lipinski definition) is 5. The monoisotopic (exact) mass is 280 g/mol. The molecule has 0 amide bonds. The van der Waals surface area contributed by atoms with Crippen molar-refractivity contribution in [2.75, 3.05) is 26.4 Å². The molecular formula is C14H20N2O4. The van der Waals surface area contributed by atoms with Gasteiger partial charge in [-0.25, -0.2) is 0 Å². The number of ether oxygens (including phenoxy) is 2. The van der Waals surface area contributed by atoms with E-state index in [2.05, 4.69) is 12.2 Å². The van der Waals surface area contributed by atoms with Gasteiger partial charge in [0.15, 0.2) is 0 Å². The summed E-state index contributed by atoms with van der Waals surface area (Å²) in [6.45, 7) is 4.96. The van der Waals surface area contributed by atoms with Crippen molar-refractivity contribution in [2.24, 2.45) is 0 Å². The molecule has 0 bridgehead atoms. The number of nitro groups is 1. The third-order valence-corrected chi connectivity index (χ3v) is 3.41. The molecule has 1 fully saturated rings. The quantitative estimate of drug-likeness (QED) is 0.491. The van der Waals surface area contributed by atoms with Gasteiger partial charge in [-0.1, -0.05) is 0 Å². The SMILES string of the molecule is CC1(NCCOc2ccc([N+](=O)[O-])cc2)CCCOC1. The summed E-state index contributed by atoms with van der Waals surface area (Å²) in [7, 11) is 0. The molecule has 1 unspecified atom stereocenters. The summed E-state index contributed by atoms with van der Waals surface area (Å²) in [5, 5.41) is 14.0. The fourth-order valence-electron chi connectivity index (χ4n) is 2.26. The Morgan fingerprint density at radius 2 is 2.20 bits per heavy atom. The van der Waals surface area contributed by atoms with Gasteiger partial charge in [-0.15, -0.1) is 0 Å². The molecule has 6 heteroatoms. The van der Waals surface area contributed by atoms with Gasteiger partial charge in [0, 0.05) is 30.8 Å². The van der Waals surface area contributed by atoms with Crippen LogP contribution in [0.1, 0.15) is 19.8 Å². The minimum absolute atomic E-state index is 0.0249. The molecule has 1 heterocycles. The van der Waals surface area contributed by atoms with Crippen LogP contribution in [0.4, 0.5) is 5.69 Å². The Morgan fingerprint density at radius 1 is 1.45 bits per heavy atom. The van der Waals surface area contributed by atoms with Crippen molar-refractivity contribution >= 4 is 5.69 Å². The first-order valence-electron chi connectivity index (χ1n) is 6.79. The van der Waals surface area contributed by atoms with Crippen LogP contribution in [0.15, 0.2) is 24.3 Å². The van der Waals surface area contributed by atoms with Crippen molar-refractivity contribution in [3.63, 3.8) is 0 Å². The highest BCUT2D eigenvalue weighted by molar-refractivity contribution is 5.35. The Balaban J connectivity index is 1.71. The van der Waals surface area contributed by atoms with Crippen molar-refractivity contribution < 1.29 is 14.4 Å². The highest BCUT2D eigenvalue weighted by atomic mass is 16.6. The van der Waals surface area contributed by atoms with Crippen molar-refractivity contribution in [1.29, 1.82) is 0 Å². The van der Waals surface area contributed by atoms with Gasteiger partial charge in [0.05, 0.1) is 11.5 Å². The van der Waals surface area contributed by atoms with Crippen molar-refractivity contribution in [3.05, 3.63) is 34.4 Å². The first-order valence-corrected chi connectivity index (χ1v) is 6.79. The molecule has 110 valence electrons. The van der Waals surface area contributed by atoms with Crippen molar-refractivity contribution in [2.45, 2.75) is 25.3 Å². The van der Waals surface area contributed by atoms with Crippen molar-refractivity contribution in [3.8, 4) is 5.75 Å². The molecule has 1 aliphatic rings. The molecule has 6 nitrogen and oxygen atoms in total. The second kappa shape index (κ2) is 6.67. The molecule has 20 heavy (non-hydrogen) atoms. The van der Waals surface area contributed by atoms with E-state index in [9.17, 15) is 10.1 Å². The normalized spacial score (nSPS) is 22.4. The standard InChI is InChI=1S/C14H20N2O4/c1-14(7-2-9-19-11-14)15-8-10-20-13-5-3-12(4-6-13)16(17)18/h3-6,15H,2,7-11H2,1H3. The van der Waals surface area contributed by atoms with E-state index < -0.39 is 4.92 Å². The van der Waals surface area contributed by atoms with Gasteiger partial charge in [-0.2, -0.15) is 0 Å². The largest absolute Gasteiger partial charge is 0.492 e. The average Bonchev–Trinajstić information content (AvgIpc) is 2.45. The van der Waals surface area contributed by atoms with Gasteiger partial charge < -0.3 is 14.8 Å². The lowest BCUT2D eigenvalue weighted by Gasteiger charge is -2.34. The van der Waals surface area contributed by atoms with Crippen LogP contribution in [0.3, 0.4) is 0 Å². The van der Waals surface area contributed by atoms with Crippen LogP contribution in [0.5, 0.6) is 5.75 Å². The first-order chi connectivity index (χ1) is 9.59. The number of nitrogens with one attached hydrogen (secondary N) is 1. The van der Waals surface area contributed by atoms with Crippen LogP contribution in [0, 0.1) is 10.1 Å². The molecule has 0 spiro atoms. The average molecular weight is 280 g/mol. The maximum absolute atomic E-state index is 10.5. The van der Waals surface area contributed by atoms with Crippen LogP contribution < -0.4 is 10.1 Å². The van der Waals surface area contributed by atoms with Gasteiger partial charge in [-0.05, 0) is 31.9 Å². The molecule has 1 N–H and O–H groups in total. The molecule has 1 atom stereocenters. The Bertz CT molecular complexity index is 441. The van der Waals surface area contributed by atoms with Crippen LogP contribution in [-0.2, 0) is 4.74 Å². The molecule has 0 radical (unpaired) electrons. The number of hydrogen-bond donors (Lipinski definition) is 1. The third-order valence-electron chi connectivity index (χ3n) is 3.41. The lowest BCUT2D eigenvalue weighted by Crippen LogP contribution is -2.50. The minimum Gasteiger partial charge on any atom is -0.492 e. The van der Waals surface area contributed by atoms with E-state index in [4.69, 9.17) is 9.47 Å². The van der Waals surface area contributed by atoms with E-state index in [0.29, 0.717) is 12.4 Å². The lowest BCUT2D eigenvalue weighted by atomic mass is 9.95. The summed E-state index contributed by atoms with van der Waals surface area (Å²) in [5.74, 6) is 0.641. The predicted molar refractivity (Wildman–Crippen MR) is 75.1 cm³/mol. The number of rotatable bonds is 6. The molecule has 1 aromatic rings. The summed E-state index contributed by atoms with van der Waals surface area (Å²) in [6.07, 6.45) is 2.18. The van der Waals surface area contributed by atoms with E-state index in [1.54, 1.807) is 12.1 Å². The van der Waals surface area contributed by atoms with Gasteiger partial charge in [-0.3, -0.25) is 10.1 Å². The Morgan fingerprint density at radius 3 is 2.80 bits per heavy atom. The highest BCUT2D eigenvalue weighted by Crippen LogP contribution is 2.19. The zero-order chi connectivity index (χ0) is 14.4. The summed E-state index contributed by atoms with van der Waals surface area (Å²) in [4.78, 5) is 10.1. The van der Waals surface area contributed by atoms with E-state index in [0.717, 1.165) is 32.6 Å². The molecule has 0 aliphatic carbocycles. The maximum Gasteiger partial charge on any atom is 0.269 e. The van der Waals surface area contributed by atoms with E-state index in [-0.39, 0.29) is 11.2 Å². The van der Waals surface area contributed by atoms with E-state index in [1.807, 2.05) is 0 Å². The molecule has 0 saturated carbocycles. The fraction of sp³-hybridized carbons (Fsp3) is 0.571. The molecule has 1 aliphatic heterocycles. The third kappa shape index (κ3) is 4.18. The van der Waals surface area contributed by atoms with Crippen LogP contribution in [0.2, 0.25) is 0 Å². The summed E-state index contributed by atoms with van der Waals surface area (Å²) < 4.78 is 11.0. The van der Waals surface area contributed by atoms with E-state index >= 15 is 0 Å². The zero-order valence-corrected chi connectivity index (χ0v) is 11.6. The Kier molecular flexibility index (Phi) is 4.92. The van der Waals surface area contributed by atoms with Crippen LogP contribution in [-0.4, -0.2) is 36.8 Å². The van der Waals surface area contributed by atoms with Gasteiger partial charge in [0.1, 0.15) is 12.4 Å². The fourth-order valence-corrected chi connectivity index (χ4v) is 2.26. The van der Waals surface area contributed by atoms with Gasteiger partial charge in [0.25, 0.3) is 5.69 Å². The number of nitro benzene ring substituents is 1.